The van der Waals surface area contributed by atoms with Crippen LogP contribution in [0.25, 0.3) is 0 Å². The molecule has 23 heavy (non-hydrogen) atoms. The van der Waals surface area contributed by atoms with Gasteiger partial charge in [-0.25, -0.2) is 0 Å². The van der Waals surface area contributed by atoms with Crippen molar-refractivity contribution in [1.29, 1.82) is 0 Å². The number of hydrogen-bond acceptors (Lipinski definition) is 6. The van der Waals surface area contributed by atoms with Crippen molar-refractivity contribution in [3.8, 4) is 0 Å². The third kappa shape index (κ3) is 5.53. The maximum Gasteiger partial charge on any atom is 0.288 e. The first-order chi connectivity index (χ1) is 11.1. The van der Waals surface area contributed by atoms with Gasteiger partial charge in [-0.15, -0.1) is 0 Å². The van der Waals surface area contributed by atoms with Gasteiger partial charge in [-0.2, -0.15) is 0 Å². The van der Waals surface area contributed by atoms with E-state index in [0.29, 0.717) is 24.6 Å². The average Bonchev–Trinajstić information content (AvgIpc) is 3.02. The van der Waals surface area contributed by atoms with E-state index < -0.39 is 0 Å². The van der Waals surface area contributed by atoms with Crippen molar-refractivity contribution in [3.05, 3.63) is 0 Å². The molecule has 2 aliphatic rings. The number of carbonyl (C=O) groups excluding carboxylic acids is 4. The Labute approximate surface area is 144 Å². The monoisotopic (exact) mass is 358 g/mol. The second-order valence-corrected chi connectivity index (χ2v) is 7.53. The normalized spacial score (nSPS) is 18.6. The van der Waals surface area contributed by atoms with Crippen molar-refractivity contribution in [2.24, 2.45) is 0 Å². The largest absolute Gasteiger partial charge is 0.288 e. The highest BCUT2D eigenvalue weighted by Crippen LogP contribution is 2.20. The van der Waals surface area contributed by atoms with E-state index in [1.54, 1.807) is 0 Å². The van der Waals surface area contributed by atoms with E-state index in [1.165, 1.54) is 9.80 Å². The molecule has 2 saturated heterocycles. The van der Waals surface area contributed by atoms with Gasteiger partial charge in [-0.05, 0) is 12.8 Å². The van der Waals surface area contributed by atoms with Crippen LogP contribution in [-0.2, 0) is 9.59 Å². The molecule has 0 aromatic heterocycles. The molecule has 0 N–H and O–H groups in total. The molecule has 0 spiro atoms. The standard InChI is InChI=1S/C15H22N2O4S2/c18-12-10-22-14(20)16(12)8-6-4-2-1-3-5-7-9-17-13(19)11-23-15(17)21/h1-11H2. The van der Waals surface area contributed by atoms with Crippen LogP contribution in [0.15, 0.2) is 0 Å². The lowest BCUT2D eigenvalue weighted by Gasteiger charge is -2.12. The summed E-state index contributed by atoms with van der Waals surface area (Å²) in [5.41, 5.74) is 0. The number of imide groups is 2. The van der Waals surface area contributed by atoms with E-state index in [1.807, 2.05) is 0 Å². The number of hydrogen-bond donors (Lipinski definition) is 0. The van der Waals surface area contributed by atoms with Crippen LogP contribution in [-0.4, -0.2) is 56.7 Å². The van der Waals surface area contributed by atoms with Gasteiger partial charge < -0.3 is 0 Å². The number of unbranched alkanes of at least 4 members (excludes halogenated alkanes) is 6. The Kier molecular flexibility index (Phi) is 7.42. The quantitative estimate of drug-likeness (QED) is 0.559. The third-order valence-electron chi connectivity index (χ3n) is 3.94. The van der Waals surface area contributed by atoms with Crippen molar-refractivity contribution < 1.29 is 19.2 Å². The highest BCUT2D eigenvalue weighted by molar-refractivity contribution is 8.15. The van der Waals surface area contributed by atoms with E-state index in [0.717, 1.165) is 68.5 Å². The van der Waals surface area contributed by atoms with E-state index >= 15 is 0 Å². The number of amides is 4. The van der Waals surface area contributed by atoms with Gasteiger partial charge in [-0.3, -0.25) is 29.0 Å². The van der Waals surface area contributed by atoms with Gasteiger partial charge in [0, 0.05) is 13.1 Å². The lowest BCUT2D eigenvalue weighted by molar-refractivity contribution is -0.125. The topological polar surface area (TPSA) is 74.8 Å². The van der Waals surface area contributed by atoms with Gasteiger partial charge in [0.05, 0.1) is 11.5 Å². The molecule has 0 aromatic carbocycles. The van der Waals surface area contributed by atoms with Crippen molar-refractivity contribution in [2.45, 2.75) is 44.9 Å². The Hall–Kier alpha value is -1.02. The number of nitrogens with zero attached hydrogens (tertiary/aromatic N) is 2. The zero-order chi connectivity index (χ0) is 16.7. The van der Waals surface area contributed by atoms with Gasteiger partial charge in [-0.1, -0.05) is 55.6 Å². The molecule has 8 heteroatoms. The number of carbonyl (C=O) groups is 4. The first-order valence-electron chi connectivity index (χ1n) is 8.04. The minimum absolute atomic E-state index is 0.0656. The van der Waals surface area contributed by atoms with Crippen LogP contribution in [0.3, 0.4) is 0 Å². The van der Waals surface area contributed by atoms with Crippen LogP contribution in [0, 0.1) is 0 Å². The molecule has 0 atom stereocenters. The average molecular weight is 358 g/mol. The molecule has 0 unspecified atom stereocenters. The highest BCUT2D eigenvalue weighted by Gasteiger charge is 2.29. The first kappa shape index (κ1) is 18.3. The van der Waals surface area contributed by atoms with Crippen molar-refractivity contribution in [1.82, 2.24) is 9.80 Å². The predicted octanol–water partition coefficient (Wildman–Crippen LogP) is 3.11. The van der Waals surface area contributed by atoms with Crippen molar-refractivity contribution in [3.63, 3.8) is 0 Å². The second kappa shape index (κ2) is 9.32. The summed E-state index contributed by atoms with van der Waals surface area (Å²) >= 11 is 2.17. The molecule has 6 nitrogen and oxygen atoms in total. The number of thioether (sulfide) groups is 2. The summed E-state index contributed by atoms with van der Waals surface area (Å²) in [6, 6.07) is 0. The maximum atomic E-state index is 11.4. The molecule has 2 heterocycles. The van der Waals surface area contributed by atoms with Gasteiger partial charge in [0.2, 0.25) is 11.8 Å². The van der Waals surface area contributed by atoms with Gasteiger partial charge in [0.15, 0.2) is 0 Å². The van der Waals surface area contributed by atoms with Gasteiger partial charge >= 0.3 is 0 Å². The second-order valence-electron chi connectivity index (χ2n) is 5.67. The molecular formula is C15H22N2O4S2. The molecule has 0 saturated carbocycles. The highest BCUT2D eigenvalue weighted by atomic mass is 32.2. The summed E-state index contributed by atoms with van der Waals surface area (Å²) in [6.45, 7) is 1.09. The fourth-order valence-electron chi connectivity index (χ4n) is 2.62. The Morgan fingerprint density at radius 1 is 0.609 bits per heavy atom. The van der Waals surface area contributed by atoms with Crippen LogP contribution < -0.4 is 0 Å². The first-order valence-corrected chi connectivity index (χ1v) is 10.0. The Morgan fingerprint density at radius 2 is 0.957 bits per heavy atom. The summed E-state index contributed by atoms with van der Waals surface area (Å²) in [4.78, 5) is 48.3. The lowest BCUT2D eigenvalue weighted by atomic mass is 10.1. The molecule has 0 bridgehead atoms. The zero-order valence-corrected chi connectivity index (χ0v) is 14.8. The SMILES string of the molecule is O=C1CSC(=O)N1CCCCCCCCCN1C(=O)CSC1=O. The minimum atomic E-state index is -0.112. The summed E-state index contributed by atoms with van der Waals surface area (Å²) in [5, 5.41) is -0.224. The number of rotatable bonds is 10. The molecule has 4 amide bonds. The molecule has 128 valence electrons. The van der Waals surface area contributed by atoms with E-state index in [9.17, 15) is 19.2 Å². The summed E-state index contributed by atoms with van der Waals surface area (Å²) < 4.78 is 0. The van der Waals surface area contributed by atoms with Crippen molar-refractivity contribution in [2.75, 3.05) is 24.6 Å². The van der Waals surface area contributed by atoms with Crippen LogP contribution in [0.5, 0.6) is 0 Å². The van der Waals surface area contributed by atoms with Gasteiger partial charge in [0.25, 0.3) is 10.5 Å². The molecular weight excluding hydrogens is 336 g/mol. The zero-order valence-electron chi connectivity index (χ0n) is 13.1. The molecule has 2 rings (SSSR count). The van der Waals surface area contributed by atoms with E-state index in [-0.39, 0.29) is 22.3 Å². The summed E-state index contributed by atoms with van der Waals surface area (Å²) in [5.74, 6) is 0.451. The maximum absolute atomic E-state index is 11.4. The fourth-order valence-corrected chi connectivity index (χ4v) is 4.12. The third-order valence-corrected chi connectivity index (χ3v) is 5.66. The van der Waals surface area contributed by atoms with Crippen molar-refractivity contribution >= 4 is 45.8 Å². The van der Waals surface area contributed by atoms with E-state index in [2.05, 4.69) is 0 Å². The van der Waals surface area contributed by atoms with Crippen LogP contribution >= 0.6 is 23.5 Å². The van der Waals surface area contributed by atoms with Crippen LogP contribution in [0.2, 0.25) is 0 Å². The summed E-state index contributed by atoms with van der Waals surface area (Å²) in [6.07, 6.45) is 7.04. The molecule has 2 fully saturated rings. The molecule has 0 radical (unpaired) electrons. The minimum Gasteiger partial charge on any atom is -0.273 e. The van der Waals surface area contributed by atoms with Gasteiger partial charge in [0.1, 0.15) is 0 Å². The van der Waals surface area contributed by atoms with Crippen LogP contribution in [0.1, 0.15) is 44.9 Å². The lowest BCUT2D eigenvalue weighted by Crippen LogP contribution is -2.29. The molecule has 0 aliphatic carbocycles. The Morgan fingerprint density at radius 3 is 1.26 bits per heavy atom. The Balaban J connectivity index is 1.42. The fraction of sp³-hybridized carbons (Fsp3) is 0.733. The predicted molar refractivity (Wildman–Crippen MR) is 91.5 cm³/mol. The Bertz CT molecular complexity index is 410. The van der Waals surface area contributed by atoms with E-state index in [4.69, 9.17) is 0 Å². The van der Waals surface area contributed by atoms with Crippen LogP contribution in [0.4, 0.5) is 9.59 Å². The molecule has 0 aromatic rings. The smallest absolute Gasteiger partial charge is 0.273 e. The molecule has 2 aliphatic heterocycles. The summed E-state index contributed by atoms with van der Waals surface area (Å²) in [7, 11) is 0.